The predicted octanol–water partition coefficient (Wildman–Crippen LogP) is 7.16. The molecule has 0 unspecified atom stereocenters. The van der Waals surface area contributed by atoms with Crippen LogP contribution in [0.3, 0.4) is 0 Å². The second-order valence-corrected chi connectivity index (χ2v) is 22.9. The van der Waals surface area contributed by atoms with Gasteiger partial charge in [-0.1, -0.05) is 73.9 Å². The molecule has 0 saturated carbocycles. The number of rotatable bonds is 4. The van der Waals surface area contributed by atoms with Gasteiger partial charge in [-0.2, -0.15) is 0 Å². The monoisotopic (exact) mass is 555 g/mol. The van der Waals surface area contributed by atoms with Gasteiger partial charge in [-0.3, -0.25) is 9.97 Å². The second kappa shape index (κ2) is 8.71. The summed E-state index contributed by atoms with van der Waals surface area (Å²) in [6.07, 6.45) is 3.72. The third-order valence-electron chi connectivity index (χ3n) is 7.91. The van der Waals surface area contributed by atoms with Gasteiger partial charge in [-0.25, -0.2) is 4.98 Å². The number of benzene rings is 2. The first-order valence-electron chi connectivity index (χ1n) is 13.9. The molecule has 40 heavy (non-hydrogen) atoms. The number of fused-ring (bicyclic) bond motifs is 6. The average Bonchev–Trinajstić information content (AvgIpc) is 3.43. The highest BCUT2D eigenvalue weighted by molar-refractivity contribution is 6.89. The Hall–Kier alpha value is -4.08. The molecule has 0 atom stereocenters. The lowest BCUT2D eigenvalue weighted by Gasteiger charge is -2.19. The molecule has 198 valence electrons. The van der Waals surface area contributed by atoms with Crippen LogP contribution in [0.4, 0.5) is 0 Å². The first kappa shape index (κ1) is 24.9. The normalized spacial score (nSPS) is 12.8. The van der Waals surface area contributed by atoms with Crippen LogP contribution in [0.15, 0.2) is 91.3 Å². The topological polar surface area (TPSA) is 48.5 Å². The van der Waals surface area contributed by atoms with Gasteiger partial charge in [0.15, 0.2) is 0 Å². The minimum absolute atomic E-state index is 0.905. The van der Waals surface area contributed by atoms with Crippen molar-refractivity contribution in [3.05, 3.63) is 91.3 Å². The van der Waals surface area contributed by atoms with Crippen molar-refractivity contribution in [2.45, 2.75) is 39.3 Å². The Morgan fingerprint density at radius 3 is 1.35 bits per heavy atom. The van der Waals surface area contributed by atoms with Crippen LogP contribution in [0.1, 0.15) is 0 Å². The second-order valence-electron chi connectivity index (χ2n) is 12.7. The van der Waals surface area contributed by atoms with E-state index in [4.69, 9.17) is 15.0 Å². The lowest BCUT2D eigenvalue weighted by molar-refractivity contribution is 1.16. The maximum atomic E-state index is 5.32. The van der Waals surface area contributed by atoms with E-state index in [0.29, 0.717) is 0 Å². The fraction of sp³-hybridized carbons (Fsp3) is 0.182. The summed E-state index contributed by atoms with van der Waals surface area (Å²) in [5, 5.41) is 2.86. The Morgan fingerprint density at radius 2 is 0.925 bits per heavy atom. The molecule has 0 aliphatic carbocycles. The highest BCUT2D eigenvalue weighted by Crippen LogP contribution is 2.36. The lowest BCUT2D eigenvalue weighted by Crippen LogP contribution is -2.37. The Balaban J connectivity index is 1.62. The zero-order valence-electron chi connectivity index (χ0n) is 23.9. The number of hydrogen-bond acceptors (Lipinski definition) is 3. The maximum Gasteiger partial charge on any atom is 0.116 e. The summed E-state index contributed by atoms with van der Waals surface area (Å²) in [5.41, 5.74) is 10.2. The van der Waals surface area contributed by atoms with Crippen LogP contribution < -0.4 is 10.4 Å². The van der Waals surface area contributed by atoms with Crippen molar-refractivity contribution < 1.29 is 0 Å². The SMILES string of the molecule is C[Si](C)(C)c1cccc(-n2c3cccnc3c3nc4c5ncccc5n(-c5cccc([Si](C)(C)C)c5)c4cc32)c1. The fourth-order valence-electron chi connectivity index (χ4n) is 5.74. The van der Waals surface area contributed by atoms with Crippen LogP contribution in [0.25, 0.3) is 55.5 Å². The van der Waals surface area contributed by atoms with Crippen LogP contribution in [0.5, 0.6) is 0 Å². The van der Waals surface area contributed by atoms with Crippen molar-refractivity contribution in [1.82, 2.24) is 24.1 Å². The minimum atomic E-state index is -1.51. The molecule has 5 aromatic heterocycles. The molecule has 0 spiro atoms. The van der Waals surface area contributed by atoms with E-state index in [9.17, 15) is 0 Å². The highest BCUT2D eigenvalue weighted by atomic mass is 28.3. The van der Waals surface area contributed by atoms with E-state index in [1.54, 1.807) is 0 Å². The van der Waals surface area contributed by atoms with Gasteiger partial charge >= 0.3 is 0 Å². The van der Waals surface area contributed by atoms with Gasteiger partial charge in [0, 0.05) is 23.8 Å². The lowest BCUT2D eigenvalue weighted by atomic mass is 10.2. The quantitative estimate of drug-likeness (QED) is 0.217. The molecule has 0 radical (unpaired) electrons. The van der Waals surface area contributed by atoms with E-state index < -0.39 is 16.1 Å². The first-order valence-corrected chi connectivity index (χ1v) is 20.9. The molecule has 0 fully saturated rings. The summed E-state index contributed by atoms with van der Waals surface area (Å²) in [6.45, 7) is 14.4. The summed E-state index contributed by atoms with van der Waals surface area (Å²) < 4.78 is 4.67. The Bertz CT molecular complexity index is 1940. The van der Waals surface area contributed by atoms with Crippen molar-refractivity contribution in [3.8, 4) is 11.4 Å². The molecule has 7 heteroatoms. The zero-order chi connectivity index (χ0) is 27.8. The maximum absolute atomic E-state index is 5.32. The predicted molar refractivity (Wildman–Crippen MR) is 174 cm³/mol. The zero-order valence-corrected chi connectivity index (χ0v) is 25.9. The molecular formula is C33H33N5Si2. The van der Waals surface area contributed by atoms with Gasteiger partial charge in [0.25, 0.3) is 0 Å². The summed E-state index contributed by atoms with van der Waals surface area (Å²) in [5.74, 6) is 0. The molecular weight excluding hydrogens is 523 g/mol. The van der Waals surface area contributed by atoms with Crippen LogP contribution in [0, 0.1) is 0 Å². The molecule has 0 amide bonds. The number of nitrogens with zero attached hydrogens (tertiary/aromatic N) is 5. The Kier molecular flexibility index (Phi) is 5.43. The van der Waals surface area contributed by atoms with Crippen molar-refractivity contribution in [2.24, 2.45) is 0 Å². The van der Waals surface area contributed by atoms with Crippen LogP contribution in [-0.4, -0.2) is 40.2 Å². The third kappa shape index (κ3) is 3.83. The van der Waals surface area contributed by atoms with Crippen molar-refractivity contribution >= 4 is 70.7 Å². The van der Waals surface area contributed by atoms with E-state index in [-0.39, 0.29) is 0 Å². The summed E-state index contributed by atoms with van der Waals surface area (Å²) >= 11 is 0. The van der Waals surface area contributed by atoms with Gasteiger partial charge in [0.2, 0.25) is 0 Å². The molecule has 5 nitrogen and oxygen atoms in total. The fourth-order valence-corrected chi connectivity index (χ4v) is 8.09. The smallest absolute Gasteiger partial charge is 0.116 e. The van der Waals surface area contributed by atoms with Gasteiger partial charge < -0.3 is 9.13 Å². The summed E-state index contributed by atoms with van der Waals surface area (Å²) in [6, 6.07) is 28.7. The molecule has 0 aliphatic heterocycles. The van der Waals surface area contributed by atoms with Crippen molar-refractivity contribution in [1.29, 1.82) is 0 Å². The van der Waals surface area contributed by atoms with Gasteiger partial charge in [-0.15, -0.1) is 0 Å². The van der Waals surface area contributed by atoms with Crippen molar-refractivity contribution in [3.63, 3.8) is 0 Å². The van der Waals surface area contributed by atoms with Gasteiger partial charge in [0.05, 0.1) is 38.2 Å². The molecule has 0 saturated heterocycles. The van der Waals surface area contributed by atoms with Crippen molar-refractivity contribution in [2.75, 3.05) is 0 Å². The third-order valence-corrected chi connectivity index (χ3v) is 12.0. The van der Waals surface area contributed by atoms with E-state index >= 15 is 0 Å². The van der Waals surface area contributed by atoms with E-state index in [0.717, 1.165) is 55.5 Å². The largest absolute Gasteiger partial charge is 0.306 e. The number of hydrogen-bond donors (Lipinski definition) is 0. The summed E-state index contributed by atoms with van der Waals surface area (Å²) in [4.78, 5) is 15.0. The Morgan fingerprint density at radius 1 is 0.475 bits per heavy atom. The molecule has 7 rings (SSSR count). The molecule has 0 N–H and O–H groups in total. The Labute approximate surface area is 236 Å². The summed E-state index contributed by atoms with van der Waals surface area (Å²) in [7, 11) is -3.01. The first-order chi connectivity index (χ1) is 19.1. The standard InChI is InChI=1S/C33H33N5Si2/c1-39(2,3)24-13-7-11-22(19-24)37-26-15-9-17-34-30(26)32-28(37)21-29-33(36-32)31-27(16-10-18-35-31)38(29)23-12-8-14-25(20-23)40(4,5)6/h7-21H,1-6H3. The molecule has 2 aromatic carbocycles. The van der Waals surface area contributed by atoms with E-state index in [1.165, 1.54) is 10.4 Å². The molecule has 0 bridgehead atoms. The van der Waals surface area contributed by atoms with Gasteiger partial charge in [0.1, 0.15) is 22.1 Å². The van der Waals surface area contributed by atoms with E-state index in [2.05, 4.69) is 115 Å². The van der Waals surface area contributed by atoms with E-state index in [1.807, 2.05) is 24.5 Å². The molecule has 5 heterocycles. The van der Waals surface area contributed by atoms with Crippen LogP contribution in [-0.2, 0) is 0 Å². The molecule has 0 aliphatic rings. The number of pyridine rings is 3. The number of aromatic nitrogens is 5. The van der Waals surface area contributed by atoms with Gasteiger partial charge in [-0.05, 0) is 54.6 Å². The molecule has 7 aromatic rings. The minimum Gasteiger partial charge on any atom is -0.306 e. The van der Waals surface area contributed by atoms with Crippen LogP contribution in [0.2, 0.25) is 39.3 Å². The average molecular weight is 556 g/mol. The highest BCUT2D eigenvalue weighted by Gasteiger charge is 2.23. The van der Waals surface area contributed by atoms with Crippen LogP contribution >= 0.6 is 0 Å².